The van der Waals surface area contributed by atoms with Crippen molar-refractivity contribution in [2.24, 2.45) is 0 Å². The molecule has 0 saturated carbocycles. The number of methoxy groups -OCH3 is 1. The van der Waals surface area contributed by atoms with Crippen molar-refractivity contribution in [1.82, 2.24) is 14.7 Å². The first kappa shape index (κ1) is 27.4. The van der Waals surface area contributed by atoms with Gasteiger partial charge in [-0.15, -0.1) is 0 Å². The second-order valence-corrected chi connectivity index (χ2v) is 9.77. The van der Waals surface area contributed by atoms with Crippen LogP contribution >= 0.6 is 11.5 Å². The molecule has 0 radical (unpaired) electrons. The molecule has 1 amide bonds. The predicted molar refractivity (Wildman–Crippen MR) is 150 cm³/mol. The average Bonchev–Trinajstić information content (AvgIpc) is 3.41. The van der Waals surface area contributed by atoms with Gasteiger partial charge in [-0.3, -0.25) is 4.79 Å². The molecule has 0 atom stereocenters. The zero-order chi connectivity index (χ0) is 26.6. The van der Waals surface area contributed by atoms with Crippen LogP contribution in [-0.4, -0.2) is 48.6 Å². The lowest BCUT2D eigenvalue weighted by Gasteiger charge is -2.21. The number of carbonyl (C=O) groups is 1. The summed E-state index contributed by atoms with van der Waals surface area (Å²) in [4.78, 5) is 19.4. The van der Waals surface area contributed by atoms with Crippen LogP contribution in [0.25, 0.3) is 0 Å². The Kier molecular flexibility index (Phi) is 10.4. The summed E-state index contributed by atoms with van der Waals surface area (Å²) in [6.45, 7) is 2.23. The van der Waals surface area contributed by atoms with Gasteiger partial charge in [0.25, 0.3) is 0 Å². The van der Waals surface area contributed by atoms with Crippen LogP contribution in [-0.2, 0) is 16.0 Å². The highest BCUT2D eigenvalue weighted by Crippen LogP contribution is 2.27. The molecular weight excluding hydrogens is 499 g/mol. The Morgan fingerprint density at radius 2 is 1.63 bits per heavy atom. The third kappa shape index (κ3) is 8.19. The molecule has 0 aliphatic heterocycles. The molecule has 38 heavy (non-hydrogen) atoms. The highest BCUT2D eigenvalue weighted by Gasteiger charge is 2.17. The lowest BCUT2D eigenvalue weighted by atomic mass is 9.88. The zero-order valence-corrected chi connectivity index (χ0v) is 22.4. The van der Waals surface area contributed by atoms with Crippen LogP contribution in [0.3, 0.4) is 0 Å². The summed E-state index contributed by atoms with van der Waals surface area (Å²) >= 11 is 1.30. The first-order valence-corrected chi connectivity index (χ1v) is 13.6. The third-order valence-corrected chi connectivity index (χ3v) is 7.15. The highest BCUT2D eigenvalue weighted by atomic mass is 32.1. The van der Waals surface area contributed by atoms with E-state index in [2.05, 4.69) is 63.2 Å². The van der Waals surface area contributed by atoms with Crippen molar-refractivity contribution in [2.75, 3.05) is 38.3 Å². The number of anilines is 1. The minimum Gasteiger partial charge on any atom is -0.383 e. The molecule has 0 unspecified atom stereocenters. The summed E-state index contributed by atoms with van der Waals surface area (Å²) in [5.41, 5.74) is 3.43. The first-order valence-electron chi connectivity index (χ1n) is 12.8. The summed E-state index contributed by atoms with van der Waals surface area (Å²) < 4.78 is 22.9. The summed E-state index contributed by atoms with van der Waals surface area (Å²) in [5, 5.41) is 3.85. The van der Waals surface area contributed by atoms with Gasteiger partial charge in [0, 0.05) is 57.0 Å². The van der Waals surface area contributed by atoms with Crippen molar-refractivity contribution in [2.45, 2.75) is 25.2 Å². The summed E-state index contributed by atoms with van der Waals surface area (Å²) in [5.74, 6) is 0.636. The maximum absolute atomic E-state index is 13.2. The predicted octanol–water partition coefficient (Wildman–Crippen LogP) is 5.45. The minimum atomic E-state index is -0.264. The molecule has 0 fully saturated rings. The molecule has 1 N–H and O–H groups in total. The van der Waals surface area contributed by atoms with Gasteiger partial charge in [0.1, 0.15) is 11.6 Å². The van der Waals surface area contributed by atoms with Gasteiger partial charge < -0.3 is 15.0 Å². The molecule has 3 aromatic carbocycles. The molecule has 0 aliphatic rings. The molecule has 1 heterocycles. The van der Waals surface area contributed by atoms with Crippen LogP contribution in [0.2, 0.25) is 0 Å². The maximum Gasteiger partial charge on any atom is 0.221 e. The van der Waals surface area contributed by atoms with E-state index in [4.69, 9.17) is 4.74 Å². The lowest BCUT2D eigenvalue weighted by Crippen LogP contribution is -2.33. The fraction of sp³-hybridized carbons (Fsp3) is 0.300. The number of rotatable bonds is 14. The molecule has 0 bridgehead atoms. The van der Waals surface area contributed by atoms with Gasteiger partial charge in [0.2, 0.25) is 11.0 Å². The number of ether oxygens (including phenoxy) is 1. The lowest BCUT2D eigenvalue weighted by molar-refractivity contribution is -0.120. The van der Waals surface area contributed by atoms with Gasteiger partial charge in [0.15, 0.2) is 0 Å². The molecule has 1 aromatic heterocycles. The van der Waals surface area contributed by atoms with Gasteiger partial charge in [0.05, 0.1) is 6.61 Å². The summed E-state index contributed by atoms with van der Waals surface area (Å²) in [6.07, 6.45) is 1.69. The number of hydrogen-bond acceptors (Lipinski definition) is 6. The Morgan fingerprint density at radius 1 is 0.974 bits per heavy atom. The van der Waals surface area contributed by atoms with Gasteiger partial charge in [-0.2, -0.15) is 4.37 Å². The zero-order valence-electron chi connectivity index (χ0n) is 21.6. The second kappa shape index (κ2) is 14.4. The number of benzene rings is 3. The Morgan fingerprint density at radius 3 is 2.26 bits per heavy atom. The van der Waals surface area contributed by atoms with Crippen LogP contribution < -0.4 is 10.2 Å². The van der Waals surface area contributed by atoms with E-state index in [-0.39, 0.29) is 17.6 Å². The van der Waals surface area contributed by atoms with Gasteiger partial charge in [-0.25, -0.2) is 9.37 Å². The van der Waals surface area contributed by atoms with Crippen LogP contribution in [0.5, 0.6) is 0 Å². The van der Waals surface area contributed by atoms with E-state index in [1.54, 1.807) is 19.2 Å². The van der Waals surface area contributed by atoms with Crippen LogP contribution in [0.4, 0.5) is 9.52 Å². The fourth-order valence-corrected chi connectivity index (χ4v) is 5.05. The van der Waals surface area contributed by atoms with E-state index >= 15 is 0 Å². The number of nitrogens with one attached hydrogen (secondary N) is 1. The SMILES string of the molecule is COCCN(CCC(=O)NCCC(c1ccccc1)c1ccccc1)c1nc(Cc2ccc(F)cc2)ns1. The fourth-order valence-electron chi connectivity index (χ4n) is 4.31. The molecule has 8 heteroatoms. The molecular formula is C30H33FN4O2S. The summed E-state index contributed by atoms with van der Waals surface area (Å²) in [7, 11) is 1.65. The Bertz CT molecular complexity index is 1210. The minimum absolute atomic E-state index is 0.00309. The van der Waals surface area contributed by atoms with E-state index in [0.29, 0.717) is 44.9 Å². The topological polar surface area (TPSA) is 67.3 Å². The first-order chi connectivity index (χ1) is 18.6. The number of nitrogens with zero attached hydrogens (tertiary/aromatic N) is 3. The quantitative estimate of drug-likeness (QED) is 0.234. The van der Waals surface area contributed by atoms with E-state index < -0.39 is 0 Å². The molecule has 4 aromatic rings. The van der Waals surface area contributed by atoms with Gasteiger partial charge >= 0.3 is 0 Å². The van der Waals surface area contributed by atoms with Crippen molar-refractivity contribution in [3.8, 4) is 0 Å². The van der Waals surface area contributed by atoms with E-state index in [0.717, 1.165) is 17.1 Å². The molecule has 4 rings (SSSR count). The third-order valence-electron chi connectivity index (χ3n) is 6.34. The number of hydrogen-bond donors (Lipinski definition) is 1. The number of halogens is 1. The standard InChI is InChI=1S/C30H33FN4O2S/c1-37-21-20-35(30-33-28(34-38-30)22-23-12-14-26(31)15-13-23)19-17-29(36)32-18-16-27(24-8-4-2-5-9-24)25-10-6-3-7-11-25/h2-15,27H,16-22H2,1H3,(H,32,36). The Hall–Kier alpha value is -3.62. The van der Waals surface area contributed by atoms with Crippen molar-refractivity contribution < 1.29 is 13.9 Å². The monoisotopic (exact) mass is 532 g/mol. The Balaban J connectivity index is 1.30. The molecule has 0 aliphatic carbocycles. The van der Waals surface area contributed by atoms with Crippen molar-refractivity contribution in [3.05, 3.63) is 113 Å². The van der Waals surface area contributed by atoms with Crippen molar-refractivity contribution in [1.29, 1.82) is 0 Å². The summed E-state index contributed by atoms with van der Waals surface area (Å²) in [6, 6.07) is 27.2. The molecule has 0 saturated heterocycles. The second-order valence-electron chi connectivity index (χ2n) is 9.04. The Labute approximate surface area is 227 Å². The van der Waals surface area contributed by atoms with Crippen LogP contribution in [0.1, 0.15) is 41.3 Å². The van der Waals surface area contributed by atoms with Crippen LogP contribution in [0.15, 0.2) is 84.9 Å². The number of amides is 1. The average molecular weight is 533 g/mol. The van der Waals surface area contributed by atoms with Crippen molar-refractivity contribution >= 4 is 22.6 Å². The van der Waals surface area contributed by atoms with E-state index in [9.17, 15) is 9.18 Å². The number of aromatic nitrogens is 2. The normalized spacial score (nSPS) is 11.0. The van der Waals surface area contributed by atoms with Gasteiger partial charge in [-0.05, 0) is 35.2 Å². The number of carbonyl (C=O) groups excluding carboxylic acids is 1. The highest BCUT2D eigenvalue weighted by molar-refractivity contribution is 7.09. The van der Waals surface area contributed by atoms with E-state index in [1.165, 1.54) is 34.8 Å². The molecule has 6 nitrogen and oxygen atoms in total. The smallest absolute Gasteiger partial charge is 0.221 e. The molecule has 198 valence electrons. The van der Waals surface area contributed by atoms with E-state index in [1.807, 2.05) is 17.0 Å². The molecule has 0 spiro atoms. The van der Waals surface area contributed by atoms with Crippen LogP contribution in [0, 0.1) is 5.82 Å². The van der Waals surface area contributed by atoms with Gasteiger partial charge in [-0.1, -0.05) is 72.8 Å². The largest absolute Gasteiger partial charge is 0.383 e. The maximum atomic E-state index is 13.2. The van der Waals surface area contributed by atoms with Crippen molar-refractivity contribution in [3.63, 3.8) is 0 Å².